The zero-order valence-corrected chi connectivity index (χ0v) is 13.1. The lowest BCUT2D eigenvalue weighted by atomic mass is 9.99. The van der Waals surface area contributed by atoms with E-state index in [1.807, 2.05) is 4.90 Å². The van der Waals surface area contributed by atoms with Crippen molar-refractivity contribution in [2.45, 2.75) is 19.4 Å². The molecule has 0 aromatic carbocycles. The van der Waals surface area contributed by atoms with E-state index in [0.29, 0.717) is 22.7 Å². The van der Waals surface area contributed by atoms with Crippen LogP contribution < -0.4 is 0 Å². The molecule has 116 valence electrons. The number of nitrogens with zero attached hydrogens (tertiary/aromatic N) is 2. The van der Waals surface area contributed by atoms with E-state index in [1.54, 1.807) is 12.3 Å². The molecule has 6 heteroatoms. The highest BCUT2D eigenvalue weighted by Crippen LogP contribution is 2.27. The highest BCUT2D eigenvalue weighted by Gasteiger charge is 2.38. The largest absolute Gasteiger partial charge is 0.379 e. The number of ether oxygens (including phenoxy) is 1. The van der Waals surface area contributed by atoms with Gasteiger partial charge < -0.3 is 14.6 Å². The van der Waals surface area contributed by atoms with Crippen LogP contribution in [0.4, 0.5) is 0 Å². The van der Waals surface area contributed by atoms with E-state index in [4.69, 9.17) is 16.3 Å². The summed E-state index contributed by atoms with van der Waals surface area (Å²) < 4.78 is 5.43. The van der Waals surface area contributed by atoms with E-state index < -0.39 is 0 Å². The number of hydrogen-bond donors (Lipinski definition) is 1. The van der Waals surface area contributed by atoms with Crippen LogP contribution in [0, 0.1) is 5.92 Å². The summed E-state index contributed by atoms with van der Waals surface area (Å²) in [5.74, 6) is 0.591. The lowest BCUT2D eigenvalue weighted by molar-refractivity contribution is 0.0102. The molecule has 0 aliphatic carbocycles. The number of rotatable bonds is 3. The smallest absolute Gasteiger partial charge is 0.270 e. The summed E-state index contributed by atoms with van der Waals surface area (Å²) >= 11 is 5.89. The average Bonchev–Trinajstić information content (AvgIpc) is 3.13. The van der Waals surface area contributed by atoms with Crippen molar-refractivity contribution in [1.82, 2.24) is 14.8 Å². The molecular weight excluding hydrogens is 290 g/mol. The number of likely N-dealkylation sites (tertiary alicyclic amines) is 1. The Morgan fingerprint density at radius 1 is 1.43 bits per heavy atom. The minimum atomic E-state index is 0.0520. The van der Waals surface area contributed by atoms with E-state index in [0.717, 1.165) is 45.8 Å². The normalized spacial score (nSPS) is 27.2. The van der Waals surface area contributed by atoms with Crippen molar-refractivity contribution in [2.75, 3.05) is 39.4 Å². The molecule has 1 N–H and O–H groups in total. The molecule has 0 radical (unpaired) electrons. The maximum Gasteiger partial charge on any atom is 0.270 e. The fourth-order valence-corrected chi connectivity index (χ4v) is 3.57. The number of carbonyl (C=O) groups is 1. The number of halogens is 1. The van der Waals surface area contributed by atoms with Gasteiger partial charge in [-0.3, -0.25) is 9.69 Å². The van der Waals surface area contributed by atoms with Crippen molar-refractivity contribution < 1.29 is 9.53 Å². The lowest BCUT2D eigenvalue weighted by Crippen LogP contribution is -2.47. The monoisotopic (exact) mass is 311 g/mol. The molecule has 0 unspecified atom stereocenters. The number of amides is 1. The molecule has 0 saturated carbocycles. The van der Waals surface area contributed by atoms with Crippen molar-refractivity contribution >= 4 is 17.5 Å². The Morgan fingerprint density at radius 3 is 2.81 bits per heavy atom. The van der Waals surface area contributed by atoms with Crippen LogP contribution in [0.1, 0.15) is 23.8 Å². The highest BCUT2D eigenvalue weighted by atomic mass is 35.5. The van der Waals surface area contributed by atoms with Gasteiger partial charge >= 0.3 is 0 Å². The Morgan fingerprint density at radius 2 is 2.19 bits per heavy atom. The number of aromatic nitrogens is 1. The van der Waals surface area contributed by atoms with Crippen LogP contribution in [-0.2, 0) is 4.74 Å². The number of carbonyl (C=O) groups excluding carboxylic acids is 1. The van der Waals surface area contributed by atoms with Crippen LogP contribution in [0.2, 0.25) is 5.02 Å². The standard InChI is InChI=1S/C15H22ClN3O2/c1-2-11-9-19(15(20)13-7-12(16)8-17-13)10-14(11)18-3-5-21-6-4-18/h7-8,11,14,17H,2-6,9-10H2,1H3/t11-,14+/m0/s1. The molecule has 1 amide bonds. The van der Waals surface area contributed by atoms with Gasteiger partial charge in [0.2, 0.25) is 0 Å². The first-order valence-electron chi connectivity index (χ1n) is 7.64. The van der Waals surface area contributed by atoms with Crippen molar-refractivity contribution in [3.8, 4) is 0 Å². The Labute approximate surface area is 130 Å². The van der Waals surface area contributed by atoms with Gasteiger partial charge in [0.05, 0.1) is 18.2 Å². The van der Waals surface area contributed by atoms with Gasteiger partial charge in [-0.05, 0) is 12.0 Å². The lowest BCUT2D eigenvalue weighted by Gasteiger charge is -2.34. The van der Waals surface area contributed by atoms with E-state index in [2.05, 4.69) is 16.8 Å². The third-order valence-corrected chi connectivity index (χ3v) is 4.83. The molecule has 5 nitrogen and oxygen atoms in total. The van der Waals surface area contributed by atoms with Crippen LogP contribution in [-0.4, -0.2) is 66.1 Å². The fraction of sp³-hybridized carbons (Fsp3) is 0.667. The summed E-state index contributed by atoms with van der Waals surface area (Å²) in [4.78, 5) is 19.9. The number of nitrogens with one attached hydrogen (secondary N) is 1. The van der Waals surface area contributed by atoms with Gasteiger partial charge in [-0.15, -0.1) is 0 Å². The van der Waals surface area contributed by atoms with E-state index >= 15 is 0 Å². The van der Waals surface area contributed by atoms with Gasteiger partial charge in [-0.1, -0.05) is 24.9 Å². The Bertz CT molecular complexity index is 499. The van der Waals surface area contributed by atoms with Gasteiger partial charge in [0.25, 0.3) is 5.91 Å². The number of H-pyrrole nitrogens is 1. The van der Waals surface area contributed by atoms with Gasteiger partial charge in [0, 0.05) is 38.4 Å². The molecule has 2 fully saturated rings. The Kier molecular flexibility index (Phi) is 4.52. The molecule has 2 atom stereocenters. The average molecular weight is 312 g/mol. The second-order valence-electron chi connectivity index (χ2n) is 5.83. The molecule has 1 aromatic rings. The second-order valence-corrected chi connectivity index (χ2v) is 6.26. The Hall–Kier alpha value is -1.04. The summed E-state index contributed by atoms with van der Waals surface area (Å²) in [6.45, 7) is 7.37. The van der Waals surface area contributed by atoms with E-state index in [1.165, 1.54) is 0 Å². The first-order chi connectivity index (χ1) is 10.2. The van der Waals surface area contributed by atoms with Crippen LogP contribution in [0.5, 0.6) is 0 Å². The van der Waals surface area contributed by atoms with Crippen molar-refractivity contribution in [3.05, 3.63) is 23.0 Å². The third-order valence-electron chi connectivity index (χ3n) is 4.61. The quantitative estimate of drug-likeness (QED) is 0.927. The number of aromatic amines is 1. The minimum absolute atomic E-state index is 0.0520. The third kappa shape index (κ3) is 3.10. The number of morpholine rings is 1. The van der Waals surface area contributed by atoms with Gasteiger partial charge in [0.1, 0.15) is 5.69 Å². The first kappa shape index (κ1) is 14.9. The van der Waals surface area contributed by atoms with Crippen LogP contribution in [0.3, 0.4) is 0 Å². The van der Waals surface area contributed by atoms with E-state index in [9.17, 15) is 4.79 Å². The van der Waals surface area contributed by atoms with Crippen molar-refractivity contribution in [2.24, 2.45) is 5.92 Å². The van der Waals surface area contributed by atoms with Gasteiger partial charge in [0.15, 0.2) is 0 Å². The molecule has 3 heterocycles. The molecule has 2 aliphatic heterocycles. The maximum absolute atomic E-state index is 12.5. The fourth-order valence-electron chi connectivity index (χ4n) is 3.41. The van der Waals surface area contributed by atoms with Crippen LogP contribution in [0.25, 0.3) is 0 Å². The second kappa shape index (κ2) is 6.38. The summed E-state index contributed by atoms with van der Waals surface area (Å²) in [5.41, 5.74) is 0.581. The highest BCUT2D eigenvalue weighted by molar-refractivity contribution is 6.30. The van der Waals surface area contributed by atoms with Crippen molar-refractivity contribution in [1.29, 1.82) is 0 Å². The van der Waals surface area contributed by atoms with Crippen LogP contribution >= 0.6 is 11.6 Å². The number of hydrogen-bond acceptors (Lipinski definition) is 3. The van der Waals surface area contributed by atoms with Gasteiger partial charge in [-0.25, -0.2) is 0 Å². The van der Waals surface area contributed by atoms with Gasteiger partial charge in [-0.2, -0.15) is 0 Å². The van der Waals surface area contributed by atoms with E-state index in [-0.39, 0.29) is 5.91 Å². The summed E-state index contributed by atoms with van der Waals surface area (Å²) in [7, 11) is 0. The first-order valence-corrected chi connectivity index (χ1v) is 8.02. The SMILES string of the molecule is CC[C@H]1CN(C(=O)c2cc(Cl)c[nH]2)C[C@H]1N1CCOCC1. The molecule has 2 aliphatic rings. The molecule has 3 rings (SSSR count). The molecule has 0 bridgehead atoms. The Balaban J connectivity index is 1.69. The zero-order valence-electron chi connectivity index (χ0n) is 12.3. The topological polar surface area (TPSA) is 48.6 Å². The zero-order chi connectivity index (χ0) is 14.8. The molecule has 1 aromatic heterocycles. The van der Waals surface area contributed by atoms with Crippen molar-refractivity contribution in [3.63, 3.8) is 0 Å². The summed E-state index contributed by atoms with van der Waals surface area (Å²) in [5, 5.41) is 0.578. The molecular formula is C15H22ClN3O2. The summed E-state index contributed by atoms with van der Waals surface area (Å²) in [6, 6.07) is 2.15. The van der Waals surface area contributed by atoms with Crippen LogP contribution in [0.15, 0.2) is 12.3 Å². The molecule has 0 spiro atoms. The predicted octanol–water partition coefficient (Wildman–Crippen LogP) is 1.85. The summed E-state index contributed by atoms with van der Waals surface area (Å²) in [6.07, 6.45) is 2.75. The molecule has 21 heavy (non-hydrogen) atoms. The maximum atomic E-state index is 12.5. The minimum Gasteiger partial charge on any atom is -0.379 e. The predicted molar refractivity (Wildman–Crippen MR) is 81.7 cm³/mol. The molecule has 2 saturated heterocycles.